The second-order valence-electron chi connectivity index (χ2n) is 6.27. The predicted octanol–water partition coefficient (Wildman–Crippen LogP) is 2.45. The molecular formula is C16H21FN2O. The Morgan fingerprint density at radius 3 is 2.70 bits per heavy atom. The van der Waals surface area contributed by atoms with Gasteiger partial charge in [-0.05, 0) is 49.7 Å². The summed E-state index contributed by atoms with van der Waals surface area (Å²) in [5, 5.41) is 3.35. The molecule has 0 radical (unpaired) electrons. The highest BCUT2D eigenvalue weighted by Crippen LogP contribution is 2.46. The number of rotatable bonds is 1. The Labute approximate surface area is 119 Å². The fourth-order valence-corrected chi connectivity index (χ4v) is 3.48. The van der Waals surface area contributed by atoms with E-state index >= 15 is 0 Å². The maximum Gasteiger partial charge on any atom is 0.229 e. The van der Waals surface area contributed by atoms with Crippen molar-refractivity contribution in [3.05, 3.63) is 29.6 Å². The van der Waals surface area contributed by atoms with Crippen LogP contribution in [0, 0.1) is 11.7 Å². The minimum Gasteiger partial charge on any atom is -0.317 e. The van der Waals surface area contributed by atoms with Gasteiger partial charge in [-0.3, -0.25) is 4.79 Å². The number of halogens is 1. The zero-order chi connectivity index (χ0) is 14.3. The van der Waals surface area contributed by atoms with Gasteiger partial charge in [0.15, 0.2) is 0 Å². The van der Waals surface area contributed by atoms with Crippen LogP contribution < -0.4 is 10.2 Å². The minimum atomic E-state index is -0.208. The lowest BCUT2D eigenvalue weighted by Gasteiger charge is -2.34. The Morgan fingerprint density at radius 2 is 2.05 bits per heavy atom. The van der Waals surface area contributed by atoms with Crippen LogP contribution in [0.2, 0.25) is 0 Å². The summed E-state index contributed by atoms with van der Waals surface area (Å²) in [5.41, 5.74) is 1.87. The highest BCUT2D eigenvalue weighted by molar-refractivity contribution is 5.97. The molecule has 1 aromatic rings. The fraction of sp³-hybridized carbons (Fsp3) is 0.562. The van der Waals surface area contributed by atoms with Crippen molar-refractivity contribution in [2.24, 2.45) is 5.92 Å². The number of piperidine rings is 1. The molecule has 1 fully saturated rings. The summed E-state index contributed by atoms with van der Waals surface area (Å²) in [4.78, 5) is 14.3. The molecule has 0 saturated carbocycles. The number of amides is 1. The number of anilines is 1. The maximum absolute atomic E-state index is 13.7. The monoisotopic (exact) mass is 276 g/mol. The van der Waals surface area contributed by atoms with Crippen molar-refractivity contribution in [2.75, 3.05) is 24.5 Å². The molecule has 0 unspecified atom stereocenters. The second kappa shape index (κ2) is 4.85. The Balaban J connectivity index is 2.06. The quantitative estimate of drug-likeness (QED) is 0.854. The highest BCUT2D eigenvalue weighted by atomic mass is 19.1. The van der Waals surface area contributed by atoms with Gasteiger partial charge in [0.1, 0.15) is 5.82 Å². The molecule has 0 aliphatic carbocycles. The third-order valence-electron chi connectivity index (χ3n) is 4.60. The molecule has 108 valence electrons. The number of carbonyl (C=O) groups is 1. The molecule has 2 heterocycles. The van der Waals surface area contributed by atoms with Crippen molar-refractivity contribution < 1.29 is 9.18 Å². The lowest BCUT2D eigenvalue weighted by atomic mass is 9.75. The van der Waals surface area contributed by atoms with Crippen LogP contribution in [0.3, 0.4) is 0 Å². The molecule has 3 nitrogen and oxygen atoms in total. The minimum absolute atomic E-state index is 0.0373. The standard InChI is InChI=1S/C16H21FN2O/c1-11(2)15(20)19-10-16(5-7-18-8-6-16)13-9-12(17)3-4-14(13)19/h3-4,9,11,18H,5-8,10H2,1-2H3. The lowest BCUT2D eigenvalue weighted by molar-refractivity contribution is -0.121. The topological polar surface area (TPSA) is 32.3 Å². The zero-order valence-electron chi connectivity index (χ0n) is 12.1. The molecular weight excluding hydrogens is 255 g/mol. The number of carbonyl (C=O) groups excluding carboxylic acids is 1. The van der Waals surface area contributed by atoms with Crippen LogP contribution in [0.15, 0.2) is 18.2 Å². The number of nitrogens with one attached hydrogen (secondary N) is 1. The van der Waals surface area contributed by atoms with Crippen molar-refractivity contribution in [3.8, 4) is 0 Å². The summed E-state index contributed by atoms with van der Waals surface area (Å²) in [6.45, 7) is 6.39. The Kier molecular flexibility index (Phi) is 3.28. The third kappa shape index (κ3) is 2.03. The predicted molar refractivity (Wildman–Crippen MR) is 77.4 cm³/mol. The van der Waals surface area contributed by atoms with E-state index in [2.05, 4.69) is 5.32 Å². The molecule has 1 N–H and O–H groups in total. The van der Waals surface area contributed by atoms with E-state index in [1.54, 1.807) is 12.1 Å². The van der Waals surface area contributed by atoms with E-state index in [1.807, 2.05) is 18.7 Å². The van der Waals surface area contributed by atoms with Crippen molar-refractivity contribution in [1.82, 2.24) is 5.32 Å². The van der Waals surface area contributed by atoms with Crippen LogP contribution in [-0.4, -0.2) is 25.5 Å². The van der Waals surface area contributed by atoms with Gasteiger partial charge in [0.25, 0.3) is 0 Å². The maximum atomic E-state index is 13.7. The number of benzene rings is 1. The van der Waals surface area contributed by atoms with Crippen molar-refractivity contribution in [3.63, 3.8) is 0 Å². The summed E-state index contributed by atoms with van der Waals surface area (Å²) < 4.78 is 13.7. The molecule has 1 aromatic carbocycles. The van der Waals surface area contributed by atoms with E-state index in [4.69, 9.17) is 0 Å². The summed E-state index contributed by atoms with van der Waals surface area (Å²) >= 11 is 0. The summed E-state index contributed by atoms with van der Waals surface area (Å²) in [6.07, 6.45) is 1.93. The van der Waals surface area contributed by atoms with Crippen LogP contribution in [0.25, 0.3) is 0 Å². The van der Waals surface area contributed by atoms with Crippen LogP contribution in [-0.2, 0) is 10.2 Å². The molecule has 4 heteroatoms. The molecule has 1 amide bonds. The molecule has 3 rings (SSSR count). The Bertz CT molecular complexity index is 535. The van der Waals surface area contributed by atoms with Gasteiger partial charge in [-0.1, -0.05) is 13.8 Å². The molecule has 0 atom stereocenters. The zero-order valence-corrected chi connectivity index (χ0v) is 12.1. The first-order chi connectivity index (χ1) is 9.53. The molecule has 0 aromatic heterocycles. The first-order valence-electron chi connectivity index (χ1n) is 7.36. The van der Waals surface area contributed by atoms with Gasteiger partial charge in [0, 0.05) is 23.6 Å². The van der Waals surface area contributed by atoms with Crippen LogP contribution in [0.4, 0.5) is 10.1 Å². The van der Waals surface area contributed by atoms with E-state index in [1.165, 1.54) is 6.07 Å². The fourth-order valence-electron chi connectivity index (χ4n) is 3.48. The van der Waals surface area contributed by atoms with E-state index in [0.29, 0.717) is 6.54 Å². The van der Waals surface area contributed by atoms with E-state index in [-0.39, 0.29) is 23.1 Å². The first kappa shape index (κ1) is 13.6. The molecule has 2 aliphatic heterocycles. The van der Waals surface area contributed by atoms with Crippen LogP contribution >= 0.6 is 0 Å². The van der Waals surface area contributed by atoms with Gasteiger partial charge >= 0.3 is 0 Å². The van der Waals surface area contributed by atoms with Crippen molar-refractivity contribution >= 4 is 11.6 Å². The van der Waals surface area contributed by atoms with E-state index in [9.17, 15) is 9.18 Å². The second-order valence-corrected chi connectivity index (χ2v) is 6.27. The number of fused-ring (bicyclic) bond motifs is 2. The first-order valence-corrected chi connectivity index (χ1v) is 7.36. The smallest absolute Gasteiger partial charge is 0.229 e. The molecule has 1 saturated heterocycles. The summed E-state index contributed by atoms with van der Waals surface area (Å²) in [5.74, 6) is -0.112. The van der Waals surface area contributed by atoms with Gasteiger partial charge in [0.05, 0.1) is 0 Å². The lowest BCUT2D eigenvalue weighted by Crippen LogP contribution is -2.45. The van der Waals surface area contributed by atoms with Gasteiger partial charge in [0.2, 0.25) is 5.91 Å². The van der Waals surface area contributed by atoms with Gasteiger partial charge in [-0.2, -0.15) is 0 Å². The summed E-state index contributed by atoms with van der Waals surface area (Å²) in [7, 11) is 0. The van der Waals surface area contributed by atoms with Crippen molar-refractivity contribution in [1.29, 1.82) is 0 Å². The third-order valence-corrected chi connectivity index (χ3v) is 4.60. The van der Waals surface area contributed by atoms with Gasteiger partial charge in [-0.25, -0.2) is 4.39 Å². The Morgan fingerprint density at radius 1 is 1.35 bits per heavy atom. The molecule has 2 aliphatic rings. The average molecular weight is 276 g/mol. The normalized spacial score (nSPS) is 20.5. The van der Waals surface area contributed by atoms with Gasteiger partial charge < -0.3 is 10.2 Å². The van der Waals surface area contributed by atoms with Crippen LogP contribution in [0.5, 0.6) is 0 Å². The molecule has 20 heavy (non-hydrogen) atoms. The van der Waals surface area contributed by atoms with Crippen molar-refractivity contribution in [2.45, 2.75) is 32.1 Å². The van der Waals surface area contributed by atoms with E-state index < -0.39 is 0 Å². The van der Waals surface area contributed by atoms with Crippen LogP contribution in [0.1, 0.15) is 32.3 Å². The Hall–Kier alpha value is -1.42. The number of nitrogens with zero attached hydrogens (tertiary/aromatic N) is 1. The molecule has 0 bridgehead atoms. The molecule has 1 spiro atoms. The largest absolute Gasteiger partial charge is 0.317 e. The average Bonchev–Trinajstić information content (AvgIpc) is 2.73. The highest BCUT2D eigenvalue weighted by Gasteiger charge is 2.45. The number of hydrogen-bond donors (Lipinski definition) is 1. The van der Waals surface area contributed by atoms with Gasteiger partial charge in [-0.15, -0.1) is 0 Å². The SMILES string of the molecule is CC(C)C(=O)N1CC2(CCNCC2)c2cc(F)ccc21. The summed E-state index contributed by atoms with van der Waals surface area (Å²) in [6, 6.07) is 4.86. The number of hydrogen-bond acceptors (Lipinski definition) is 2. The van der Waals surface area contributed by atoms with E-state index in [0.717, 1.165) is 37.2 Å².